The van der Waals surface area contributed by atoms with Gasteiger partial charge in [-0.05, 0) is 73.3 Å². The summed E-state index contributed by atoms with van der Waals surface area (Å²) in [5, 5.41) is 1.84. The predicted octanol–water partition coefficient (Wildman–Crippen LogP) is 4.09. The number of benzene rings is 2. The smallest absolute Gasteiger partial charge is 0.254 e. The number of fused-ring (bicyclic) bond motifs is 5. The molecule has 2 aliphatic heterocycles. The van der Waals surface area contributed by atoms with Crippen LogP contribution < -0.4 is 0 Å². The molecule has 4 heteroatoms. The average molecular weight is 374 g/mol. The van der Waals surface area contributed by atoms with Gasteiger partial charge >= 0.3 is 0 Å². The lowest BCUT2D eigenvalue weighted by Crippen LogP contribution is -2.38. The highest BCUT2D eigenvalue weighted by Gasteiger charge is 2.42. The Kier molecular flexibility index (Phi) is 3.59. The van der Waals surface area contributed by atoms with Crippen molar-refractivity contribution in [2.24, 2.45) is 11.8 Å². The third-order valence-corrected chi connectivity index (χ3v) is 7.72. The van der Waals surface area contributed by atoms with Crippen LogP contribution in [-0.4, -0.2) is 46.8 Å². The number of likely N-dealkylation sites (tertiary alicyclic amines) is 2. The summed E-state index contributed by atoms with van der Waals surface area (Å²) in [5.74, 6) is 1.66. The first-order valence-corrected chi connectivity index (χ1v) is 10.8. The van der Waals surface area contributed by atoms with E-state index in [1.54, 1.807) is 0 Å². The Morgan fingerprint density at radius 2 is 1.14 bits per heavy atom. The lowest BCUT2D eigenvalue weighted by molar-refractivity contribution is 0.0696. The fourth-order valence-electron chi connectivity index (χ4n) is 6.34. The van der Waals surface area contributed by atoms with Gasteiger partial charge in [0.1, 0.15) is 0 Å². The summed E-state index contributed by atoms with van der Waals surface area (Å²) >= 11 is 0. The third-order valence-electron chi connectivity index (χ3n) is 7.72. The fourth-order valence-corrected chi connectivity index (χ4v) is 6.34. The number of piperidine rings is 2. The van der Waals surface area contributed by atoms with E-state index in [4.69, 9.17) is 0 Å². The van der Waals surface area contributed by atoms with Gasteiger partial charge in [-0.3, -0.25) is 9.59 Å². The van der Waals surface area contributed by atoms with Crippen molar-refractivity contribution < 1.29 is 9.59 Å². The Balaban J connectivity index is 1.38. The van der Waals surface area contributed by atoms with E-state index in [0.717, 1.165) is 60.7 Å². The van der Waals surface area contributed by atoms with Gasteiger partial charge < -0.3 is 9.80 Å². The molecule has 0 spiro atoms. The Morgan fingerprint density at radius 1 is 0.679 bits per heavy atom. The number of nitrogens with zero attached hydrogens (tertiary/aromatic N) is 2. The van der Waals surface area contributed by atoms with Gasteiger partial charge in [-0.2, -0.15) is 0 Å². The summed E-state index contributed by atoms with van der Waals surface area (Å²) in [6.45, 7) is 1.80. The first-order valence-electron chi connectivity index (χ1n) is 10.8. The Labute approximate surface area is 165 Å². The SMILES string of the molecule is O=C(c1cccc2c(C(=O)N3CC4CCC3C4)cccc12)N1CC2CCC1C2. The molecule has 2 aromatic rings. The zero-order valence-electron chi connectivity index (χ0n) is 16.1. The molecule has 0 radical (unpaired) electrons. The molecule has 4 nitrogen and oxygen atoms in total. The second kappa shape index (κ2) is 6.07. The van der Waals surface area contributed by atoms with Crippen molar-refractivity contribution in [2.75, 3.05) is 13.1 Å². The Morgan fingerprint density at radius 3 is 1.50 bits per heavy atom. The maximum absolute atomic E-state index is 13.3. The Hall–Kier alpha value is -2.36. The molecule has 4 fully saturated rings. The summed E-state index contributed by atoms with van der Waals surface area (Å²) in [6.07, 6.45) is 7.14. The van der Waals surface area contributed by atoms with Crippen LogP contribution >= 0.6 is 0 Å². The molecule has 0 aromatic heterocycles. The quantitative estimate of drug-likeness (QED) is 0.794. The van der Waals surface area contributed by atoms with E-state index in [9.17, 15) is 9.59 Å². The summed E-state index contributed by atoms with van der Waals surface area (Å²) < 4.78 is 0. The maximum atomic E-state index is 13.3. The van der Waals surface area contributed by atoms with E-state index < -0.39 is 0 Å². The van der Waals surface area contributed by atoms with Crippen LogP contribution in [0.25, 0.3) is 10.8 Å². The van der Waals surface area contributed by atoms with Crippen molar-refractivity contribution in [2.45, 2.75) is 50.6 Å². The van der Waals surface area contributed by atoms with Gasteiger partial charge in [-0.25, -0.2) is 0 Å². The maximum Gasteiger partial charge on any atom is 0.254 e. The van der Waals surface area contributed by atoms with Crippen molar-refractivity contribution in [1.29, 1.82) is 0 Å². The van der Waals surface area contributed by atoms with Crippen molar-refractivity contribution in [3.05, 3.63) is 47.5 Å². The van der Waals surface area contributed by atoms with Gasteiger partial charge in [0.25, 0.3) is 11.8 Å². The molecule has 2 saturated carbocycles. The lowest BCUT2D eigenvalue weighted by atomic mass is 9.97. The molecule has 2 heterocycles. The fraction of sp³-hybridized carbons (Fsp3) is 0.500. The summed E-state index contributed by atoms with van der Waals surface area (Å²) in [4.78, 5) is 30.8. The normalized spacial score (nSPS) is 30.6. The minimum absolute atomic E-state index is 0.141. The highest BCUT2D eigenvalue weighted by atomic mass is 16.2. The van der Waals surface area contributed by atoms with E-state index in [1.807, 2.05) is 36.4 Å². The van der Waals surface area contributed by atoms with Crippen LogP contribution in [0.4, 0.5) is 0 Å². The largest absolute Gasteiger partial charge is 0.335 e. The van der Waals surface area contributed by atoms with Gasteiger partial charge in [0, 0.05) is 36.3 Å². The molecular weight excluding hydrogens is 348 g/mol. The molecule has 4 unspecified atom stereocenters. The first-order chi connectivity index (χ1) is 13.7. The van der Waals surface area contributed by atoms with E-state index in [0.29, 0.717) is 23.9 Å². The number of rotatable bonds is 2. The molecular formula is C24H26N2O2. The minimum atomic E-state index is 0.141. The Bertz CT molecular complexity index is 904. The summed E-state index contributed by atoms with van der Waals surface area (Å²) in [7, 11) is 0. The van der Waals surface area contributed by atoms with Gasteiger partial charge in [-0.15, -0.1) is 0 Å². The molecule has 4 atom stereocenters. The van der Waals surface area contributed by atoms with Crippen molar-refractivity contribution >= 4 is 22.6 Å². The van der Waals surface area contributed by atoms with Gasteiger partial charge in [-0.1, -0.05) is 24.3 Å². The zero-order valence-corrected chi connectivity index (χ0v) is 16.1. The van der Waals surface area contributed by atoms with Crippen LogP contribution in [0.3, 0.4) is 0 Å². The molecule has 2 saturated heterocycles. The summed E-state index contributed by atoms with van der Waals surface area (Å²) in [5.41, 5.74) is 1.50. The van der Waals surface area contributed by atoms with E-state index >= 15 is 0 Å². The molecule has 4 bridgehead atoms. The molecule has 2 aromatic carbocycles. The number of carbonyl (C=O) groups excluding carboxylic acids is 2. The molecule has 2 amide bonds. The number of hydrogen-bond donors (Lipinski definition) is 0. The monoisotopic (exact) mass is 374 g/mol. The van der Waals surface area contributed by atoms with E-state index in [-0.39, 0.29) is 11.8 Å². The lowest BCUT2D eigenvalue weighted by Gasteiger charge is -2.28. The minimum Gasteiger partial charge on any atom is -0.335 e. The highest BCUT2D eigenvalue weighted by molar-refractivity contribution is 6.13. The molecule has 4 aliphatic rings. The van der Waals surface area contributed by atoms with Gasteiger partial charge in [0.05, 0.1) is 0 Å². The van der Waals surface area contributed by atoms with Crippen LogP contribution in [0, 0.1) is 11.8 Å². The van der Waals surface area contributed by atoms with Crippen LogP contribution in [0.2, 0.25) is 0 Å². The first kappa shape index (κ1) is 16.6. The van der Waals surface area contributed by atoms with Gasteiger partial charge in [0.2, 0.25) is 0 Å². The van der Waals surface area contributed by atoms with Crippen LogP contribution in [0.1, 0.15) is 59.2 Å². The zero-order chi connectivity index (χ0) is 18.8. The van der Waals surface area contributed by atoms with Gasteiger partial charge in [0.15, 0.2) is 0 Å². The molecule has 28 heavy (non-hydrogen) atoms. The second-order valence-electron chi connectivity index (χ2n) is 9.29. The topological polar surface area (TPSA) is 40.6 Å². The third kappa shape index (κ3) is 2.36. The average Bonchev–Trinajstić information content (AvgIpc) is 3.53. The van der Waals surface area contributed by atoms with Crippen LogP contribution in [0.5, 0.6) is 0 Å². The van der Waals surface area contributed by atoms with Crippen molar-refractivity contribution in [1.82, 2.24) is 9.80 Å². The van der Waals surface area contributed by atoms with E-state index in [2.05, 4.69) is 9.80 Å². The summed E-state index contributed by atoms with van der Waals surface area (Å²) in [6, 6.07) is 12.6. The molecule has 0 N–H and O–H groups in total. The standard InChI is InChI=1S/C24H26N2O2/c27-23(25-13-15-7-9-17(25)11-15)21-5-1-3-19-20(21)4-2-6-22(19)24(28)26-14-16-8-10-18(26)12-16/h1-6,15-18H,7-14H2. The molecule has 6 rings (SSSR count). The van der Waals surface area contributed by atoms with Crippen molar-refractivity contribution in [3.63, 3.8) is 0 Å². The van der Waals surface area contributed by atoms with Crippen LogP contribution in [0.15, 0.2) is 36.4 Å². The predicted molar refractivity (Wildman–Crippen MR) is 108 cm³/mol. The molecule has 2 aliphatic carbocycles. The number of hydrogen-bond acceptors (Lipinski definition) is 2. The second-order valence-corrected chi connectivity index (χ2v) is 9.29. The van der Waals surface area contributed by atoms with Crippen molar-refractivity contribution in [3.8, 4) is 0 Å². The highest BCUT2D eigenvalue weighted by Crippen LogP contribution is 2.40. The van der Waals surface area contributed by atoms with E-state index in [1.165, 1.54) is 12.8 Å². The number of amides is 2. The molecule has 144 valence electrons. The number of carbonyl (C=O) groups is 2. The van der Waals surface area contributed by atoms with Crippen LogP contribution in [-0.2, 0) is 0 Å².